The number of hydrogen-bond acceptors (Lipinski definition) is 5. The zero-order chi connectivity index (χ0) is 17.6. The van der Waals surface area contributed by atoms with Gasteiger partial charge in [-0.25, -0.2) is 9.59 Å². The van der Waals surface area contributed by atoms with E-state index in [1.165, 1.54) is 6.07 Å². The topological polar surface area (TPSA) is 97.6 Å². The second-order valence-corrected chi connectivity index (χ2v) is 5.11. The van der Waals surface area contributed by atoms with Crippen molar-refractivity contribution in [1.29, 1.82) is 0 Å². The van der Waals surface area contributed by atoms with Crippen molar-refractivity contribution in [2.45, 2.75) is 0 Å². The van der Waals surface area contributed by atoms with E-state index in [1.807, 2.05) is 0 Å². The number of para-hydroxylation sites is 1. The van der Waals surface area contributed by atoms with Crippen LogP contribution in [0.5, 0.6) is 5.75 Å². The van der Waals surface area contributed by atoms with Crippen LogP contribution < -0.4 is 21.0 Å². The molecule has 0 fully saturated rings. The van der Waals surface area contributed by atoms with E-state index in [2.05, 4.69) is 10.6 Å². The van der Waals surface area contributed by atoms with Gasteiger partial charge in [0, 0.05) is 17.1 Å². The number of carbonyl (C=O) groups excluding carboxylic acids is 2. The van der Waals surface area contributed by atoms with E-state index in [9.17, 15) is 14.4 Å². The highest BCUT2D eigenvalue weighted by Crippen LogP contribution is 2.17. The molecule has 7 heteroatoms. The Hall–Kier alpha value is -3.61. The monoisotopic (exact) mass is 338 g/mol. The predicted molar refractivity (Wildman–Crippen MR) is 91.6 cm³/mol. The second-order valence-electron chi connectivity index (χ2n) is 5.11. The van der Waals surface area contributed by atoms with E-state index in [1.54, 1.807) is 54.6 Å². The summed E-state index contributed by atoms with van der Waals surface area (Å²) in [5.74, 6) is -0.0295. The molecule has 1 heterocycles. The van der Waals surface area contributed by atoms with E-state index >= 15 is 0 Å². The van der Waals surface area contributed by atoms with Crippen LogP contribution in [0.4, 0.5) is 10.5 Å². The zero-order valence-electron chi connectivity index (χ0n) is 13.0. The summed E-state index contributed by atoms with van der Waals surface area (Å²) in [5, 5.41) is 5.68. The van der Waals surface area contributed by atoms with Crippen molar-refractivity contribution < 1.29 is 18.7 Å². The van der Waals surface area contributed by atoms with Crippen molar-refractivity contribution in [3.05, 3.63) is 71.1 Å². The van der Waals surface area contributed by atoms with Gasteiger partial charge in [0.1, 0.15) is 17.9 Å². The van der Waals surface area contributed by atoms with Crippen LogP contribution in [0.25, 0.3) is 11.0 Å². The summed E-state index contributed by atoms with van der Waals surface area (Å²) in [7, 11) is 0. The number of anilines is 1. The number of carbonyl (C=O) groups is 2. The Bertz CT molecular complexity index is 966. The Kier molecular flexibility index (Phi) is 4.75. The number of hydrogen-bond donors (Lipinski definition) is 2. The first-order valence-electron chi connectivity index (χ1n) is 7.45. The lowest BCUT2D eigenvalue weighted by atomic mass is 10.2. The van der Waals surface area contributed by atoms with Gasteiger partial charge >= 0.3 is 11.7 Å². The fourth-order valence-electron chi connectivity index (χ4n) is 2.14. The molecule has 0 aliphatic carbocycles. The van der Waals surface area contributed by atoms with Crippen LogP contribution in [0.1, 0.15) is 0 Å². The summed E-state index contributed by atoms with van der Waals surface area (Å²) < 4.78 is 10.0. The molecular weight excluding hydrogens is 324 g/mol. The van der Waals surface area contributed by atoms with Crippen LogP contribution in [0, 0.1) is 0 Å². The molecule has 0 saturated heterocycles. The van der Waals surface area contributed by atoms with Crippen LogP contribution in [0.15, 0.2) is 69.9 Å². The maximum Gasteiger partial charge on any atom is 0.413 e. The van der Waals surface area contributed by atoms with Gasteiger partial charge in [-0.3, -0.25) is 4.79 Å². The summed E-state index contributed by atoms with van der Waals surface area (Å²) >= 11 is 0. The highest BCUT2D eigenvalue weighted by atomic mass is 16.6. The molecule has 7 nitrogen and oxygen atoms in total. The van der Waals surface area contributed by atoms with Crippen LogP contribution in [0.3, 0.4) is 0 Å². The molecule has 25 heavy (non-hydrogen) atoms. The Morgan fingerprint density at radius 3 is 2.60 bits per heavy atom. The summed E-state index contributed by atoms with van der Waals surface area (Å²) in [6.45, 7) is -0.242. The maximum atomic E-state index is 11.9. The van der Waals surface area contributed by atoms with Crippen molar-refractivity contribution in [3.63, 3.8) is 0 Å². The zero-order valence-corrected chi connectivity index (χ0v) is 13.0. The fourth-order valence-corrected chi connectivity index (χ4v) is 2.14. The molecule has 2 N–H and O–H groups in total. The average molecular weight is 338 g/mol. The molecule has 0 saturated carbocycles. The Balaban J connectivity index is 1.54. The first-order valence-corrected chi connectivity index (χ1v) is 7.45. The molecule has 0 radical (unpaired) electrons. The van der Waals surface area contributed by atoms with E-state index in [0.717, 1.165) is 0 Å². The maximum absolute atomic E-state index is 11.9. The summed E-state index contributed by atoms with van der Waals surface area (Å²) in [5.41, 5.74) is 0.505. The molecule has 0 unspecified atom stereocenters. The van der Waals surface area contributed by atoms with Crippen LogP contribution in [-0.4, -0.2) is 18.5 Å². The third-order valence-corrected chi connectivity index (χ3v) is 3.25. The normalized spacial score (nSPS) is 10.2. The van der Waals surface area contributed by atoms with E-state index in [0.29, 0.717) is 22.4 Å². The highest BCUT2D eigenvalue weighted by molar-refractivity contribution is 5.95. The molecule has 0 aliphatic rings. The largest absolute Gasteiger partial charge is 0.423 e. The number of amides is 2. The Labute approximate surface area is 142 Å². The minimum absolute atomic E-state index is 0.242. The second kappa shape index (κ2) is 7.31. The Morgan fingerprint density at radius 2 is 1.80 bits per heavy atom. The van der Waals surface area contributed by atoms with Gasteiger partial charge in [0.25, 0.3) is 0 Å². The van der Waals surface area contributed by atoms with Crippen LogP contribution in [0.2, 0.25) is 0 Å². The third kappa shape index (κ3) is 4.44. The van der Waals surface area contributed by atoms with Gasteiger partial charge in [0.05, 0.1) is 0 Å². The standard InChI is InChI=1S/C18H14N2O5/c21-16(11-19-18(23)24-14-4-2-1-3-5-14)20-13-7-8-15-12(10-13)6-9-17(22)25-15/h1-10H,11H2,(H,19,23)(H,20,21). The van der Waals surface area contributed by atoms with Crippen molar-refractivity contribution in [2.75, 3.05) is 11.9 Å². The quantitative estimate of drug-likeness (QED) is 0.712. The molecule has 3 rings (SSSR count). The molecule has 2 aromatic carbocycles. The summed E-state index contributed by atoms with van der Waals surface area (Å²) in [6.07, 6.45) is -0.721. The SMILES string of the molecule is O=C(CNC(=O)Oc1ccccc1)Nc1ccc2oc(=O)ccc2c1. The van der Waals surface area contributed by atoms with Crippen molar-refractivity contribution in [1.82, 2.24) is 5.32 Å². The first kappa shape index (κ1) is 16.3. The number of nitrogens with one attached hydrogen (secondary N) is 2. The number of benzene rings is 2. The molecule has 3 aromatic rings. The molecule has 0 atom stereocenters. The summed E-state index contributed by atoms with van der Waals surface area (Å²) in [6, 6.07) is 16.3. The third-order valence-electron chi connectivity index (χ3n) is 3.25. The lowest BCUT2D eigenvalue weighted by Gasteiger charge is -2.08. The molecule has 1 aromatic heterocycles. The number of rotatable bonds is 4. The van der Waals surface area contributed by atoms with E-state index < -0.39 is 17.6 Å². The average Bonchev–Trinajstić information content (AvgIpc) is 2.61. The van der Waals surface area contributed by atoms with Gasteiger partial charge in [0.15, 0.2) is 0 Å². The smallest absolute Gasteiger partial charge is 0.413 e. The minimum atomic E-state index is -0.721. The van der Waals surface area contributed by atoms with Gasteiger partial charge in [-0.05, 0) is 36.4 Å². The van der Waals surface area contributed by atoms with Crippen molar-refractivity contribution in [3.8, 4) is 5.75 Å². The first-order chi connectivity index (χ1) is 12.1. The molecule has 0 bridgehead atoms. The van der Waals surface area contributed by atoms with Crippen molar-refractivity contribution >= 4 is 28.7 Å². The minimum Gasteiger partial charge on any atom is -0.423 e. The summed E-state index contributed by atoms with van der Waals surface area (Å²) in [4.78, 5) is 34.7. The molecular formula is C18H14N2O5. The lowest BCUT2D eigenvalue weighted by Crippen LogP contribution is -2.34. The van der Waals surface area contributed by atoms with Crippen LogP contribution in [-0.2, 0) is 4.79 Å². The molecule has 2 amide bonds. The van der Waals surface area contributed by atoms with Gasteiger partial charge < -0.3 is 19.8 Å². The van der Waals surface area contributed by atoms with E-state index in [4.69, 9.17) is 9.15 Å². The van der Waals surface area contributed by atoms with Gasteiger partial charge in [-0.2, -0.15) is 0 Å². The van der Waals surface area contributed by atoms with Gasteiger partial charge in [-0.1, -0.05) is 18.2 Å². The molecule has 0 spiro atoms. The highest BCUT2D eigenvalue weighted by Gasteiger charge is 2.08. The van der Waals surface area contributed by atoms with E-state index in [-0.39, 0.29) is 6.54 Å². The predicted octanol–water partition coefficient (Wildman–Crippen LogP) is 2.52. The van der Waals surface area contributed by atoms with Gasteiger partial charge in [0.2, 0.25) is 5.91 Å². The number of ether oxygens (including phenoxy) is 1. The van der Waals surface area contributed by atoms with Crippen molar-refractivity contribution in [2.24, 2.45) is 0 Å². The molecule has 126 valence electrons. The molecule has 0 aliphatic heterocycles. The Morgan fingerprint density at radius 1 is 1.00 bits per heavy atom. The lowest BCUT2D eigenvalue weighted by molar-refractivity contribution is -0.115. The number of fused-ring (bicyclic) bond motifs is 1. The fraction of sp³-hybridized carbons (Fsp3) is 0.0556. The van der Waals surface area contributed by atoms with Gasteiger partial charge in [-0.15, -0.1) is 0 Å². The van der Waals surface area contributed by atoms with Crippen LogP contribution >= 0.6 is 0 Å².